The van der Waals surface area contributed by atoms with Gasteiger partial charge in [0.2, 0.25) is 0 Å². The van der Waals surface area contributed by atoms with Gasteiger partial charge < -0.3 is 10.2 Å². The molecule has 5 nitrogen and oxygen atoms in total. The van der Waals surface area contributed by atoms with Crippen LogP contribution >= 0.6 is 11.6 Å². The molecule has 0 aliphatic carbocycles. The van der Waals surface area contributed by atoms with Crippen LogP contribution in [0.15, 0.2) is 36.5 Å². The van der Waals surface area contributed by atoms with E-state index >= 15 is 0 Å². The molecule has 2 aromatic heterocycles. The molecule has 1 amide bonds. The predicted molar refractivity (Wildman–Crippen MR) is 116 cm³/mol. The van der Waals surface area contributed by atoms with E-state index in [2.05, 4.69) is 15.3 Å². The number of hydrogen-bond donors (Lipinski definition) is 1. The van der Waals surface area contributed by atoms with E-state index in [1.807, 2.05) is 6.92 Å². The molecule has 1 aliphatic rings. The van der Waals surface area contributed by atoms with Crippen molar-refractivity contribution in [1.29, 1.82) is 0 Å². The molecule has 0 fully saturated rings. The highest BCUT2D eigenvalue weighted by atomic mass is 35.5. The summed E-state index contributed by atoms with van der Waals surface area (Å²) < 4.78 is 69.2. The first kappa shape index (κ1) is 23.9. The molecule has 1 aliphatic heterocycles. The summed E-state index contributed by atoms with van der Waals surface area (Å²) in [6.07, 6.45) is -3.28. The first-order chi connectivity index (χ1) is 16.0. The van der Waals surface area contributed by atoms with Gasteiger partial charge >= 0.3 is 6.18 Å². The number of fused-ring (bicyclic) bond motifs is 1. The molecule has 0 saturated carbocycles. The van der Waals surface area contributed by atoms with E-state index in [1.165, 1.54) is 6.20 Å². The largest absolute Gasteiger partial charge is 0.416 e. The van der Waals surface area contributed by atoms with Crippen molar-refractivity contribution in [1.82, 2.24) is 14.9 Å². The number of hydrogen-bond acceptors (Lipinski definition) is 4. The van der Waals surface area contributed by atoms with E-state index in [0.717, 1.165) is 12.1 Å². The van der Waals surface area contributed by atoms with Crippen LogP contribution in [-0.4, -0.2) is 27.3 Å². The molecule has 4 rings (SSSR count). The number of nitrogens with zero attached hydrogens (tertiary/aromatic N) is 3. The SMILES string of the molecule is CCN1Cc2c(ccnc2NC(C)c2cc(F)c(-c3cc(C(F)(F)F)cc(Cl)n3)cc2F)C1=O. The maximum atomic E-state index is 15.0. The number of nitrogens with one attached hydrogen (secondary N) is 1. The summed E-state index contributed by atoms with van der Waals surface area (Å²) in [5.41, 5.74) is -0.951. The molecule has 11 heteroatoms. The van der Waals surface area contributed by atoms with Gasteiger partial charge in [-0.1, -0.05) is 11.6 Å². The van der Waals surface area contributed by atoms with Crippen molar-refractivity contribution in [3.05, 3.63) is 75.6 Å². The van der Waals surface area contributed by atoms with E-state index in [4.69, 9.17) is 11.6 Å². The minimum atomic E-state index is -4.73. The third-order valence-electron chi connectivity index (χ3n) is 5.61. The summed E-state index contributed by atoms with van der Waals surface area (Å²) in [6.45, 7) is 4.27. The van der Waals surface area contributed by atoms with Crippen LogP contribution < -0.4 is 5.32 Å². The van der Waals surface area contributed by atoms with Gasteiger partial charge in [0.25, 0.3) is 5.91 Å². The molecule has 1 unspecified atom stereocenters. The average molecular weight is 497 g/mol. The van der Waals surface area contributed by atoms with Crippen LogP contribution in [-0.2, 0) is 12.7 Å². The van der Waals surface area contributed by atoms with Crippen molar-refractivity contribution in [3.8, 4) is 11.3 Å². The maximum absolute atomic E-state index is 15.0. The number of carbonyl (C=O) groups is 1. The Bertz CT molecular complexity index is 1280. The molecule has 1 aromatic carbocycles. The lowest BCUT2D eigenvalue weighted by Gasteiger charge is -2.19. The Kier molecular flexibility index (Phi) is 6.20. The first-order valence-electron chi connectivity index (χ1n) is 10.3. The molecular formula is C23H18ClF5N4O. The molecule has 0 radical (unpaired) electrons. The number of amides is 1. The number of pyridine rings is 2. The van der Waals surface area contributed by atoms with Crippen LogP contribution in [0.2, 0.25) is 5.15 Å². The fraction of sp³-hybridized carbons (Fsp3) is 0.261. The topological polar surface area (TPSA) is 58.1 Å². The summed E-state index contributed by atoms with van der Waals surface area (Å²) in [5.74, 6) is -1.59. The highest BCUT2D eigenvalue weighted by molar-refractivity contribution is 6.29. The van der Waals surface area contributed by atoms with Crippen LogP contribution in [0, 0.1) is 11.6 Å². The molecule has 0 spiro atoms. The van der Waals surface area contributed by atoms with Gasteiger partial charge in [0.05, 0.1) is 23.8 Å². The summed E-state index contributed by atoms with van der Waals surface area (Å²) in [6, 6.07) is 3.73. The predicted octanol–water partition coefficient (Wildman–Crippen LogP) is 6.24. The van der Waals surface area contributed by atoms with E-state index in [0.29, 0.717) is 42.2 Å². The second kappa shape index (κ2) is 8.83. The second-order valence-corrected chi connectivity index (χ2v) is 8.17. The van der Waals surface area contributed by atoms with Crippen molar-refractivity contribution >= 4 is 23.3 Å². The van der Waals surface area contributed by atoms with Gasteiger partial charge in [-0.15, -0.1) is 0 Å². The van der Waals surface area contributed by atoms with Crippen molar-refractivity contribution in [2.75, 3.05) is 11.9 Å². The van der Waals surface area contributed by atoms with Gasteiger partial charge in [-0.2, -0.15) is 13.2 Å². The minimum Gasteiger partial charge on any atom is -0.363 e. The summed E-state index contributed by atoms with van der Waals surface area (Å²) in [7, 11) is 0. The molecule has 0 saturated heterocycles. The molecule has 34 heavy (non-hydrogen) atoms. The number of aromatic nitrogens is 2. The minimum absolute atomic E-state index is 0.0737. The van der Waals surface area contributed by atoms with Crippen LogP contribution in [0.25, 0.3) is 11.3 Å². The van der Waals surface area contributed by atoms with Crippen molar-refractivity contribution < 1.29 is 26.7 Å². The van der Waals surface area contributed by atoms with Crippen LogP contribution in [0.4, 0.5) is 27.8 Å². The lowest BCUT2D eigenvalue weighted by molar-refractivity contribution is -0.137. The first-order valence-corrected chi connectivity index (χ1v) is 10.6. The molecule has 3 heterocycles. The Hall–Kier alpha value is -3.27. The van der Waals surface area contributed by atoms with E-state index in [9.17, 15) is 26.7 Å². The summed E-state index contributed by atoms with van der Waals surface area (Å²) >= 11 is 5.68. The lowest BCUT2D eigenvalue weighted by atomic mass is 10.0. The molecular weight excluding hydrogens is 479 g/mol. The Morgan fingerprint density at radius 1 is 1.15 bits per heavy atom. The van der Waals surface area contributed by atoms with Crippen LogP contribution in [0.1, 0.15) is 46.9 Å². The molecule has 1 N–H and O–H groups in total. The Morgan fingerprint density at radius 2 is 1.88 bits per heavy atom. The van der Waals surface area contributed by atoms with Gasteiger partial charge in [0.15, 0.2) is 0 Å². The van der Waals surface area contributed by atoms with Crippen molar-refractivity contribution in [3.63, 3.8) is 0 Å². The number of alkyl halides is 3. The maximum Gasteiger partial charge on any atom is 0.416 e. The molecule has 3 aromatic rings. The number of halogens is 6. The van der Waals surface area contributed by atoms with Crippen molar-refractivity contribution in [2.45, 2.75) is 32.6 Å². The smallest absolute Gasteiger partial charge is 0.363 e. The zero-order valence-electron chi connectivity index (χ0n) is 18.0. The number of carbonyl (C=O) groups excluding carboxylic acids is 1. The zero-order valence-corrected chi connectivity index (χ0v) is 18.7. The fourth-order valence-electron chi connectivity index (χ4n) is 3.84. The second-order valence-electron chi connectivity index (χ2n) is 7.79. The molecule has 178 valence electrons. The summed E-state index contributed by atoms with van der Waals surface area (Å²) in [4.78, 5) is 22.0. The third kappa shape index (κ3) is 4.42. The quantitative estimate of drug-likeness (QED) is 0.335. The van der Waals surface area contributed by atoms with E-state index in [1.54, 1.807) is 17.9 Å². The Labute approximate surface area is 196 Å². The third-order valence-corrected chi connectivity index (χ3v) is 5.80. The fourth-order valence-corrected chi connectivity index (χ4v) is 4.05. The summed E-state index contributed by atoms with van der Waals surface area (Å²) in [5, 5.41) is 2.51. The highest BCUT2D eigenvalue weighted by Gasteiger charge is 2.32. The molecule has 0 bridgehead atoms. The van der Waals surface area contributed by atoms with Crippen molar-refractivity contribution in [2.24, 2.45) is 0 Å². The van der Waals surface area contributed by atoms with Gasteiger partial charge in [-0.3, -0.25) is 4.79 Å². The Balaban J connectivity index is 1.66. The zero-order chi connectivity index (χ0) is 24.8. The van der Waals surface area contributed by atoms with Crippen LogP contribution in [0.5, 0.6) is 0 Å². The highest BCUT2D eigenvalue weighted by Crippen LogP contribution is 2.36. The lowest BCUT2D eigenvalue weighted by Crippen LogP contribution is -2.22. The number of rotatable bonds is 5. The number of benzene rings is 1. The molecule has 1 atom stereocenters. The van der Waals surface area contributed by atoms with Gasteiger partial charge in [0.1, 0.15) is 22.6 Å². The monoisotopic (exact) mass is 496 g/mol. The van der Waals surface area contributed by atoms with Crippen LogP contribution in [0.3, 0.4) is 0 Å². The Morgan fingerprint density at radius 3 is 2.56 bits per heavy atom. The van der Waals surface area contributed by atoms with Gasteiger partial charge in [-0.05, 0) is 44.2 Å². The standard InChI is InChI=1S/C23H18ClF5N4O/c1-3-33-10-16-13(22(33)34)4-5-30-21(16)31-11(2)14-8-18(26)15(9-17(14)25)19-6-12(23(27,28)29)7-20(24)32-19/h4-9,11H,3,10H2,1-2H3,(H,30,31). The van der Waals surface area contributed by atoms with E-state index < -0.39 is 45.8 Å². The average Bonchev–Trinajstić information content (AvgIpc) is 3.10. The number of anilines is 1. The van der Waals surface area contributed by atoms with Gasteiger partial charge in [-0.25, -0.2) is 18.7 Å². The van der Waals surface area contributed by atoms with Gasteiger partial charge in [0, 0.05) is 35.0 Å². The normalized spacial score (nSPS) is 14.4. The van der Waals surface area contributed by atoms with E-state index in [-0.39, 0.29) is 11.5 Å².